The molecule has 0 radical (unpaired) electrons. The Balaban J connectivity index is 3.22. The zero-order valence-electron chi connectivity index (χ0n) is 6.23. The molecule has 0 heterocycles. The lowest BCUT2D eigenvalue weighted by molar-refractivity contribution is -0.111. The van der Waals surface area contributed by atoms with Crippen LogP contribution in [0.2, 0.25) is 5.02 Å². The van der Waals surface area contributed by atoms with Crippen LogP contribution in [0.25, 0.3) is 0 Å². The van der Waals surface area contributed by atoms with Crippen LogP contribution in [-0.2, 0) is 7.68 Å². The lowest BCUT2D eigenvalue weighted by Gasteiger charge is -2.16. The summed E-state index contributed by atoms with van der Waals surface area (Å²) in [6.07, 6.45) is 0. The average Bonchev–Trinajstić information content (AvgIpc) is 2.04. The predicted molar refractivity (Wildman–Crippen MR) is 63.9 cm³/mol. The van der Waals surface area contributed by atoms with Crippen LogP contribution in [0, 0.1) is 0 Å². The highest BCUT2D eigenvalue weighted by Crippen LogP contribution is 2.41. The fourth-order valence-electron chi connectivity index (χ4n) is 0.822. The molecule has 0 aliphatic carbocycles. The molecule has 0 spiro atoms. The standard InChI is InChI=1S/C8H4Cl3IO/c9-6-4-2-1-3-5(6)8(11,12)7(10)13/h1-4H. The Morgan fingerprint density at radius 3 is 2.38 bits per heavy atom. The third-order valence-electron chi connectivity index (χ3n) is 1.46. The highest BCUT2D eigenvalue weighted by molar-refractivity contribution is 14.1. The van der Waals surface area contributed by atoms with Crippen LogP contribution in [0.15, 0.2) is 24.3 Å². The normalized spacial score (nSPS) is 15.1. The molecule has 1 aromatic rings. The van der Waals surface area contributed by atoms with E-state index in [4.69, 9.17) is 34.8 Å². The van der Waals surface area contributed by atoms with Gasteiger partial charge < -0.3 is 0 Å². The van der Waals surface area contributed by atoms with Crippen LogP contribution in [-0.4, -0.2) is 5.24 Å². The molecule has 5 heteroatoms. The van der Waals surface area contributed by atoms with E-state index in [1.165, 1.54) is 0 Å². The van der Waals surface area contributed by atoms with Gasteiger partial charge in [-0.3, -0.25) is 4.79 Å². The fraction of sp³-hybridized carbons (Fsp3) is 0.125. The fourth-order valence-corrected chi connectivity index (χ4v) is 2.04. The second kappa shape index (κ2) is 4.34. The van der Waals surface area contributed by atoms with Crippen LogP contribution in [0.4, 0.5) is 0 Å². The average molecular weight is 349 g/mol. The molecule has 1 atom stereocenters. The smallest absolute Gasteiger partial charge is 0.257 e. The van der Waals surface area contributed by atoms with Crippen LogP contribution < -0.4 is 0 Å². The van der Waals surface area contributed by atoms with Crippen molar-refractivity contribution in [3.05, 3.63) is 34.9 Å². The van der Waals surface area contributed by atoms with E-state index in [0.717, 1.165) is 0 Å². The van der Waals surface area contributed by atoms with Gasteiger partial charge in [-0.2, -0.15) is 0 Å². The summed E-state index contributed by atoms with van der Waals surface area (Å²) in [6, 6.07) is 6.83. The van der Waals surface area contributed by atoms with Crippen LogP contribution >= 0.6 is 57.4 Å². The number of carbonyl (C=O) groups is 1. The maximum atomic E-state index is 11.0. The van der Waals surface area contributed by atoms with Gasteiger partial charge in [-0.1, -0.05) is 41.4 Å². The van der Waals surface area contributed by atoms with Crippen molar-refractivity contribution in [2.75, 3.05) is 0 Å². The van der Waals surface area contributed by atoms with E-state index in [2.05, 4.69) is 0 Å². The Morgan fingerprint density at radius 1 is 1.38 bits per heavy atom. The Hall–Kier alpha value is 0.490. The molecule has 70 valence electrons. The van der Waals surface area contributed by atoms with E-state index in [9.17, 15) is 4.79 Å². The van der Waals surface area contributed by atoms with Crippen molar-refractivity contribution in [2.45, 2.75) is 2.88 Å². The van der Waals surface area contributed by atoms with E-state index in [1.807, 2.05) is 0 Å². The quantitative estimate of drug-likeness (QED) is 0.449. The number of benzene rings is 1. The predicted octanol–water partition coefficient (Wildman–Crippen LogP) is 3.93. The van der Waals surface area contributed by atoms with Crippen LogP contribution in [0.3, 0.4) is 0 Å². The summed E-state index contributed by atoms with van der Waals surface area (Å²) in [4.78, 5) is 11.0. The highest BCUT2D eigenvalue weighted by Gasteiger charge is 2.35. The van der Waals surface area contributed by atoms with Crippen molar-refractivity contribution < 1.29 is 4.79 Å². The summed E-state index contributed by atoms with van der Waals surface area (Å²) >= 11 is 18.9. The minimum atomic E-state index is -1.28. The minimum Gasteiger partial charge on any atom is -0.278 e. The molecule has 1 unspecified atom stereocenters. The molecule has 13 heavy (non-hydrogen) atoms. The lowest BCUT2D eigenvalue weighted by atomic mass is 10.1. The van der Waals surface area contributed by atoms with Gasteiger partial charge >= 0.3 is 0 Å². The van der Waals surface area contributed by atoms with Crippen LogP contribution in [0.1, 0.15) is 5.56 Å². The first-order valence-electron chi connectivity index (χ1n) is 3.29. The number of alkyl halides is 2. The second-order valence-electron chi connectivity index (χ2n) is 2.33. The van der Waals surface area contributed by atoms with Crippen molar-refractivity contribution in [1.82, 2.24) is 0 Å². The molecule has 0 fully saturated rings. The number of halogens is 4. The van der Waals surface area contributed by atoms with Crippen molar-refractivity contribution in [1.29, 1.82) is 0 Å². The molecular weight excluding hydrogens is 345 g/mol. The summed E-state index contributed by atoms with van der Waals surface area (Å²) in [7, 11) is 0. The van der Waals surface area contributed by atoms with Crippen molar-refractivity contribution in [3.63, 3.8) is 0 Å². The van der Waals surface area contributed by atoms with Gasteiger partial charge in [-0.25, -0.2) is 0 Å². The molecule has 0 amide bonds. The molecule has 0 aliphatic rings. The molecule has 0 aliphatic heterocycles. The summed E-state index contributed by atoms with van der Waals surface area (Å²) in [5.74, 6) is 0. The van der Waals surface area contributed by atoms with E-state index in [1.54, 1.807) is 46.9 Å². The van der Waals surface area contributed by atoms with Crippen LogP contribution in [0.5, 0.6) is 0 Å². The molecule has 1 nitrogen and oxygen atoms in total. The molecule has 0 aromatic heterocycles. The van der Waals surface area contributed by atoms with Crippen molar-refractivity contribution in [2.24, 2.45) is 0 Å². The first-order chi connectivity index (χ1) is 5.96. The summed E-state index contributed by atoms with van der Waals surface area (Å²) < 4.78 is -1.28. The Labute approximate surface area is 104 Å². The zero-order valence-corrected chi connectivity index (χ0v) is 10.7. The van der Waals surface area contributed by atoms with Gasteiger partial charge in [0.05, 0.1) is 0 Å². The first kappa shape index (κ1) is 11.6. The maximum Gasteiger partial charge on any atom is 0.257 e. The third kappa shape index (κ3) is 2.49. The van der Waals surface area contributed by atoms with Gasteiger partial charge in [0.2, 0.25) is 0 Å². The number of hydrogen-bond donors (Lipinski definition) is 0. The van der Waals surface area contributed by atoms with Gasteiger partial charge in [0.15, 0.2) is 2.88 Å². The lowest BCUT2D eigenvalue weighted by Crippen LogP contribution is -2.17. The van der Waals surface area contributed by atoms with Gasteiger partial charge in [0.25, 0.3) is 5.24 Å². The second-order valence-corrected chi connectivity index (χ2v) is 5.90. The highest BCUT2D eigenvalue weighted by atomic mass is 127. The molecule has 0 saturated carbocycles. The molecule has 1 rings (SSSR count). The summed E-state index contributed by atoms with van der Waals surface area (Å²) in [6.45, 7) is 0. The van der Waals surface area contributed by atoms with Gasteiger partial charge in [-0.15, -0.1) is 0 Å². The number of carbonyl (C=O) groups excluding carboxylic acids is 1. The van der Waals surface area contributed by atoms with Gasteiger partial charge in [0, 0.05) is 10.6 Å². The van der Waals surface area contributed by atoms with E-state index in [0.29, 0.717) is 10.6 Å². The molecule has 1 aromatic carbocycles. The number of hydrogen-bond acceptors (Lipinski definition) is 1. The van der Waals surface area contributed by atoms with Gasteiger partial charge in [-0.05, 0) is 40.3 Å². The monoisotopic (exact) mass is 348 g/mol. The molecular formula is C8H4Cl3IO. The Bertz CT molecular complexity index is 338. The van der Waals surface area contributed by atoms with Gasteiger partial charge in [0.1, 0.15) is 0 Å². The minimum absolute atomic E-state index is 0.431. The van der Waals surface area contributed by atoms with E-state index >= 15 is 0 Å². The number of rotatable bonds is 2. The Kier molecular flexibility index (Phi) is 3.86. The summed E-state index contributed by atoms with van der Waals surface area (Å²) in [5, 5.41) is -0.219. The molecule has 0 bridgehead atoms. The summed E-state index contributed by atoms with van der Waals surface area (Å²) in [5.41, 5.74) is 0.513. The van der Waals surface area contributed by atoms with Crippen molar-refractivity contribution >= 4 is 62.6 Å². The largest absolute Gasteiger partial charge is 0.278 e. The molecule has 0 saturated heterocycles. The third-order valence-corrected chi connectivity index (χ3v) is 3.93. The zero-order chi connectivity index (χ0) is 10.1. The SMILES string of the molecule is O=C(Cl)C(Cl)(I)c1ccccc1Cl. The van der Waals surface area contributed by atoms with E-state index < -0.39 is 8.12 Å². The Morgan fingerprint density at radius 2 is 1.92 bits per heavy atom. The maximum absolute atomic E-state index is 11.0. The topological polar surface area (TPSA) is 17.1 Å². The first-order valence-corrected chi connectivity index (χ1v) is 5.50. The van der Waals surface area contributed by atoms with E-state index in [-0.39, 0.29) is 0 Å². The molecule has 0 N–H and O–H groups in total. The van der Waals surface area contributed by atoms with Crippen molar-refractivity contribution in [3.8, 4) is 0 Å².